The zero-order valence-electron chi connectivity index (χ0n) is 15.0. The van der Waals surface area contributed by atoms with E-state index in [1.54, 1.807) is 14.1 Å². The Bertz CT molecular complexity index is 917. The van der Waals surface area contributed by atoms with Gasteiger partial charge in [-0.15, -0.1) is 5.10 Å². The zero-order chi connectivity index (χ0) is 21.1. The van der Waals surface area contributed by atoms with Crippen molar-refractivity contribution in [2.75, 3.05) is 21.2 Å². The van der Waals surface area contributed by atoms with Gasteiger partial charge in [-0.1, -0.05) is 11.6 Å². The van der Waals surface area contributed by atoms with Gasteiger partial charge in [-0.25, -0.2) is 0 Å². The number of hydrogen-bond acceptors (Lipinski definition) is 6. The zero-order valence-corrected chi connectivity index (χ0v) is 15.7. The Morgan fingerprint density at radius 3 is 2.39 bits per heavy atom. The summed E-state index contributed by atoms with van der Waals surface area (Å²) in [6.45, 7) is 0. The fourth-order valence-electron chi connectivity index (χ4n) is 2.18. The highest BCUT2D eigenvalue weighted by Gasteiger charge is 2.31. The van der Waals surface area contributed by atoms with Gasteiger partial charge in [0.2, 0.25) is 5.90 Å². The predicted octanol–water partition coefficient (Wildman–Crippen LogP) is 4.93. The topological polar surface area (TPSA) is 77.2 Å². The van der Waals surface area contributed by atoms with Crippen molar-refractivity contribution in [2.24, 2.45) is 5.10 Å². The third kappa shape index (κ3) is 5.03. The van der Waals surface area contributed by atoms with Crippen LogP contribution in [-0.4, -0.2) is 37.0 Å². The molecule has 0 heterocycles. The molecule has 0 bridgehead atoms. The number of methoxy groups -OCH3 is 1. The Hall–Kier alpha value is -3.01. The SMILES string of the molecule is COC(=NN(C)C)c1cc(Oc2ccc(C(F)(F)F)cc2Cl)ccc1[N+](=O)[O-]. The number of hydrogen-bond donors (Lipinski definition) is 0. The first-order valence-electron chi connectivity index (χ1n) is 7.66. The normalized spacial score (nSPS) is 11.9. The number of nitro benzene ring substituents is 1. The first-order valence-corrected chi connectivity index (χ1v) is 8.04. The van der Waals surface area contributed by atoms with Crippen LogP contribution in [0.25, 0.3) is 0 Å². The van der Waals surface area contributed by atoms with Crippen LogP contribution in [-0.2, 0) is 10.9 Å². The van der Waals surface area contributed by atoms with E-state index in [1.807, 2.05) is 0 Å². The second-order valence-electron chi connectivity index (χ2n) is 5.64. The van der Waals surface area contributed by atoms with E-state index in [1.165, 1.54) is 30.3 Å². The lowest BCUT2D eigenvalue weighted by molar-refractivity contribution is -0.385. The Morgan fingerprint density at radius 1 is 1.21 bits per heavy atom. The van der Waals surface area contributed by atoms with E-state index in [0.29, 0.717) is 0 Å². The number of hydrazone groups is 1. The summed E-state index contributed by atoms with van der Waals surface area (Å²) in [5, 5.41) is 16.5. The molecule has 2 rings (SSSR count). The minimum Gasteiger partial charge on any atom is -0.479 e. The monoisotopic (exact) mass is 417 g/mol. The molecule has 11 heteroatoms. The summed E-state index contributed by atoms with van der Waals surface area (Å²) in [5.74, 6) is 0.0180. The molecule has 0 fully saturated rings. The van der Waals surface area contributed by atoms with Crippen LogP contribution >= 0.6 is 11.6 Å². The second kappa shape index (κ2) is 8.34. The van der Waals surface area contributed by atoms with E-state index < -0.39 is 16.7 Å². The van der Waals surface area contributed by atoms with Crippen LogP contribution in [0.2, 0.25) is 5.02 Å². The molecule has 0 saturated carbocycles. The summed E-state index contributed by atoms with van der Waals surface area (Å²) in [6.07, 6.45) is -4.54. The van der Waals surface area contributed by atoms with Gasteiger partial charge in [0.1, 0.15) is 17.1 Å². The van der Waals surface area contributed by atoms with Gasteiger partial charge in [0.05, 0.1) is 22.6 Å². The number of rotatable bonds is 5. The molecule has 0 radical (unpaired) electrons. The third-order valence-corrected chi connectivity index (χ3v) is 3.66. The summed E-state index contributed by atoms with van der Waals surface area (Å²) >= 11 is 5.88. The van der Waals surface area contributed by atoms with Crippen molar-refractivity contribution < 1.29 is 27.6 Å². The minimum atomic E-state index is -4.54. The lowest BCUT2D eigenvalue weighted by Gasteiger charge is -2.13. The molecular weight excluding hydrogens is 403 g/mol. The highest BCUT2D eigenvalue weighted by Crippen LogP contribution is 2.37. The maximum Gasteiger partial charge on any atom is 0.416 e. The van der Waals surface area contributed by atoms with Crippen molar-refractivity contribution >= 4 is 23.2 Å². The molecule has 0 aromatic heterocycles. The molecule has 7 nitrogen and oxygen atoms in total. The third-order valence-electron chi connectivity index (χ3n) is 3.37. The molecular formula is C17H15ClF3N3O4. The van der Waals surface area contributed by atoms with Gasteiger partial charge in [0, 0.05) is 26.2 Å². The van der Waals surface area contributed by atoms with Crippen LogP contribution in [0, 0.1) is 10.1 Å². The van der Waals surface area contributed by atoms with Crippen molar-refractivity contribution in [3.05, 3.63) is 62.7 Å². The maximum absolute atomic E-state index is 12.7. The minimum absolute atomic E-state index is 0.0294. The second-order valence-corrected chi connectivity index (χ2v) is 6.04. The van der Waals surface area contributed by atoms with Gasteiger partial charge in [-0.05, 0) is 24.3 Å². The molecule has 2 aromatic rings. The van der Waals surface area contributed by atoms with E-state index in [-0.39, 0.29) is 33.7 Å². The molecule has 2 aromatic carbocycles. The van der Waals surface area contributed by atoms with Crippen molar-refractivity contribution in [1.29, 1.82) is 0 Å². The molecule has 0 N–H and O–H groups in total. The fourth-order valence-corrected chi connectivity index (χ4v) is 2.40. The van der Waals surface area contributed by atoms with E-state index >= 15 is 0 Å². The molecule has 28 heavy (non-hydrogen) atoms. The van der Waals surface area contributed by atoms with Crippen molar-refractivity contribution in [1.82, 2.24) is 5.01 Å². The highest BCUT2D eigenvalue weighted by atomic mass is 35.5. The van der Waals surface area contributed by atoms with Crippen LogP contribution < -0.4 is 4.74 Å². The Kier molecular flexibility index (Phi) is 6.34. The molecule has 0 amide bonds. The summed E-state index contributed by atoms with van der Waals surface area (Å²) in [6, 6.07) is 6.37. The summed E-state index contributed by atoms with van der Waals surface area (Å²) < 4.78 is 48.8. The van der Waals surface area contributed by atoms with E-state index in [2.05, 4.69) is 5.10 Å². The van der Waals surface area contributed by atoms with Crippen molar-refractivity contribution in [2.45, 2.75) is 6.18 Å². The van der Waals surface area contributed by atoms with Crippen LogP contribution in [0.1, 0.15) is 11.1 Å². The number of benzene rings is 2. The average molecular weight is 418 g/mol. The quantitative estimate of drug-likeness (QED) is 0.298. The Morgan fingerprint density at radius 2 is 1.89 bits per heavy atom. The van der Waals surface area contributed by atoms with Gasteiger partial charge < -0.3 is 9.47 Å². The molecule has 0 atom stereocenters. The molecule has 150 valence electrons. The lowest BCUT2D eigenvalue weighted by atomic mass is 10.1. The molecule has 0 aliphatic rings. The summed E-state index contributed by atoms with van der Waals surface area (Å²) in [4.78, 5) is 10.7. The van der Waals surface area contributed by atoms with E-state index in [9.17, 15) is 23.3 Å². The van der Waals surface area contributed by atoms with Crippen molar-refractivity contribution in [3.8, 4) is 11.5 Å². The number of halogens is 4. The first-order chi connectivity index (χ1) is 13.0. The molecule has 0 unspecified atom stereocenters. The summed E-state index contributed by atoms with van der Waals surface area (Å²) in [7, 11) is 4.51. The number of nitrogens with zero attached hydrogens (tertiary/aromatic N) is 3. The van der Waals surface area contributed by atoms with E-state index in [4.69, 9.17) is 21.1 Å². The van der Waals surface area contributed by atoms with E-state index in [0.717, 1.165) is 18.2 Å². The van der Waals surface area contributed by atoms with Crippen LogP contribution in [0.3, 0.4) is 0 Å². The Balaban J connectivity index is 2.45. The number of ether oxygens (including phenoxy) is 2. The molecule has 0 saturated heterocycles. The van der Waals surface area contributed by atoms with Crippen LogP contribution in [0.15, 0.2) is 41.5 Å². The highest BCUT2D eigenvalue weighted by molar-refractivity contribution is 6.32. The largest absolute Gasteiger partial charge is 0.479 e. The van der Waals surface area contributed by atoms with Crippen LogP contribution in [0.5, 0.6) is 11.5 Å². The van der Waals surface area contributed by atoms with Gasteiger partial charge in [0.15, 0.2) is 0 Å². The predicted molar refractivity (Wildman–Crippen MR) is 96.9 cm³/mol. The van der Waals surface area contributed by atoms with Crippen LogP contribution in [0.4, 0.5) is 18.9 Å². The van der Waals surface area contributed by atoms with Gasteiger partial charge in [-0.2, -0.15) is 13.2 Å². The molecule has 0 aliphatic carbocycles. The van der Waals surface area contributed by atoms with Gasteiger partial charge in [0.25, 0.3) is 5.69 Å². The first kappa shape index (κ1) is 21.3. The fraction of sp³-hybridized carbons (Fsp3) is 0.235. The van der Waals surface area contributed by atoms with Gasteiger partial charge >= 0.3 is 6.18 Å². The van der Waals surface area contributed by atoms with Crippen molar-refractivity contribution in [3.63, 3.8) is 0 Å². The maximum atomic E-state index is 12.7. The lowest BCUT2D eigenvalue weighted by Crippen LogP contribution is -2.13. The summed E-state index contributed by atoms with van der Waals surface area (Å²) in [5.41, 5.74) is -1.18. The molecule has 0 spiro atoms. The van der Waals surface area contributed by atoms with Gasteiger partial charge in [-0.3, -0.25) is 15.1 Å². The average Bonchev–Trinajstić information content (AvgIpc) is 2.60. The smallest absolute Gasteiger partial charge is 0.416 e. The number of alkyl halides is 3. The standard InChI is InChI=1S/C17H15ClF3N3O4/c1-23(2)22-16(27-3)12-9-11(5-6-14(12)24(25)26)28-15-7-4-10(8-13(15)18)17(19,20)21/h4-9H,1-3H3. The molecule has 0 aliphatic heterocycles. The number of nitro groups is 1. The Labute approximate surface area is 163 Å².